The van der Waals surface area contributed by atoms with Gasteiger partial charge in [-0.05, 0) is 109 Å². The van der Waals surface area contributed by atoms with E-state index in [4.69, 9.17) is 9.97 Å². The molecule has 0 unspecified atom stereocenters. The van der Waals surface area contributed by atoms with Gasteiger partial charge in [-0.25, -0.2) is 4.98 Å². The molecular weight excluding hydrogens is 1080 g/mol. The van der Waals surface area contributed by atoms with Crippen LogP contribution in [0.2, 0.25) is 0 Å². The second-order valence-electron chi connectivity index (χ2n) is 25.4. The number of pyridine rings is 1. The van der Waals surface area contributed by atoms with Gasteiger partial charge in [-0.1, -0.05) is 194 Å². The number of rotatable bonds is 6. The first-order valence-electron chi connectivity index (χ1n) is 26.0. The van der Waals surface area contributed by atoms with Crippen LogP contribution in [0.3, 0.4) is 0 Å². The molecule has 380 valence electrons. The van der Waals surface area contributed by atoms with Gasteiger partial charge in [0.1, 0.15) is 11.6 Å². The molecule has 0 radical (unpaired) electrons. The van der Waals surface area contributed by atoms with Crippen molar-refractivity contribution in [2.45, 2.75) is 131 Å². The first kappa shape index (κ1) is 52.3. The van der Waals surface area contributed by atoms with E-state index in [1.807, 2.05) is 6.20 Å². The van der Waals surface area contributed by atoms with Crippen molar-refractivity contribution in [3.8, 4) is 62.0 Å². The van der Waals surface area contributed by atoms with Crippen LogP contribution >= 0.6 is 0 Å². The van der Waals surface area contributed by atoms with Crippen molar-refractivity contribution in [3.63, 3.8) is 0 Å². The predicted molar refractivity (Wildman–Crippen MR) is 309 cm³/mol. The van der Waals surface area contributed by atoms with E-state index in [0.717, 1.165) is 78.1 Å². The van der Waals surface area contributed by atoms with Crippen molar-refractivity contribution in [2.75, 3.05) is 0 Å². The molecule has 0 aliphatic heterocycles. The molecule has 0 spiro atoms. The van der Waals surface area contributed by atoms with Gasteiger partial charge < -0.3 is 9.67 Å². The molecule has 6 heteroatoms. The number of phenolic OH excluding ortho intramolecular Hbond substituents is 1. The molecule has 0 saturated carbocycles. The molecule has 0 saturated heterocycles. The molecule has 10 rings (SSSR count). The number of nitrogens with zero attached hydrogens (tertiary/aromatic N) is 4. The molecular formula is C68H71N4OPt-. The molecule has 0 bridgehead atoms. The van der Waals surface area contributed by atoms with Crippen molar-refractivity contribution in [3.05, 3.63) is 186 Å². The Balaban J connectivity index is 0.00000672. The number of imidazole rings is 1. The van der Waals surface area contributed by atoms with E-state index in [1.165, 1.54) is 33.0 Å². The summed E-state index contributed by atoms with van der Waals surface area (Å²) in [6.07, 6.45) is 1.93. The quantitative estimate of drug-likeness (QED) is 0.169. The molecule has 7 aromatic carbocycles. The second-order valence-corrected chi connectivity index (χ2v) is 25.4. The van der Waals surface area contributed by atoms with Crippen molar-refractivity contribution in [1.82, 2.24) is 19.1 Å². The summed E-state index contributed by atoms with van der Waals surface area (Å²) < 4.78 is 4.66. The third-order valence-corrected chi connectivity index (χ3v) is 14.7. The number of para-hydroxylation sites is 3. The molecule has 74 heavy (non-hydrogen) atoms. The van der Waals surface area contributed by atoms with Crippen molar-refractivity contribution >= 4 is 32.8 Å². The number of hydrogen-bond donors (Lipinski definition) is 1. The van der Waals surface area contributed by atoms with Gasteiger partial charge >= 0.3 is 0 Å². The Hall–Kier alpha value is -6.55. The SMILES string of the molecule is CC(C)(C)c1cc(-c2cc(-c3ccc4c5ccccc5n(-c5ccccc5)c4c3)ccn2)[c-]c(-c2cccc3c2nc(-c2cc(C(C)(C)C)cc(C(C)(C)C)c2O)n3-c2cc(C(C)(C)C)cc(C(C)(C)C)c2)c1.[Pt]. The maximum Gasteiger partial charge on any atom is 0.148 e. The number of aromatic hydroxyl groups is 1. The second kappa shape index (κ2) is 18.7. The van der Waals surface area contributed by atoms with E-state index >= 15 is 0 Å². The number of aromatic nitrogens is 4. The summed E-state index contributed by atoms with van der Waals surface area (Å²) in [5, 5.41) is 15.0. The summed E-state index contributed by atoms with van der Waals surface area (Å²) in [5.41, 5.74) is 17.6. The van der Waals surface area contributed by atoms with Crippen LogP contribution in [0.1, 0.15) is 132 Å². The molecule has 3 aromatic heterocycles. The van der Waals surface area contributed by atoms with E-state index in [0.29, 0.717) is 5.82 Å². The normalized spacial score (nSPS) is 12.7. The molecule has 0 atom stereocenters. The van der Waals surface area contributed by atoms with E-state index in [9.17, 15) is 5.11 Å². The Kier molecular flexibility index (Phi) is 13.2. The molecule has 0 amide bonds. The van der Waals surface area contributed by atoms with E-state index in [1.54, 1.807) is 0 Å². The Bertz CT molecular complexity index is 3730. The first-order chi connectivity index (χ1) is 34.3. The van der Waals surface area contributed by atoms with Crippen LogP contribution in [0.15, 0.2) is 152 Å². The van der Waals surface area contributed by atoms with Gasteiger partial charge in [-0.2, -0.15) is 0 Å². The average Bonchev–Trinajstić information content (AvgIpc) is 3.88. The maximum atomic E-state index is 12.6. The van der Waals surface area contributed by atoms with Crippen LogP contribution in [0.4, 0.5) is 0 Å². The van der Waals surface area contributed by atoms with Crippen LogP contribution in [0.25, 0.3) is 89.1 Å². The molecule has 5 nitrogen and oxygen atoms in total. The van der Waals surface area contributed by atoms with Crippen LogP contribution in [0.5, 0.6) is 5.75 Å². The number of phenols is 1. The topological polar surface area (TPSA) is 55.9 Å². The minimum absolute atomic E-state index is 0. The van der Waals surface area contributed by atoms with Crippen LogP contribution < -0.4 is 0 Å². The number of benzene rings is 7. The summed E-state index contributed by atoms with van der Waals surface area (Å²) >= 11 is 0. The fraction of sp³-hybridized carbons (Fsp3) is 0.294. The van der Waals surface area contributed by atoms with Crippen molar-refractivity contribution in [1.29, 1.82) is 0 Å². The van der Waals surface area contributed by atoms with Gasteiger partial charge in [-0.3, -0.25) is 9.55 Å². The summed E-state index contributed by atoms with van der Waals surface area (Å²) in [6, 6.07) is 56.7. The monoisotopic (exact) mass is 1150 g/mol. The zero-order valence-corrected chi connectivity index (χ0v) is 48.3. The first-order valence-corrected chi connectivity index (χ1v) is 26.0. The maximum absolute atomic E-state index is 12.6. The minimum Gasteiger partial charge on any atom is -0.507 e. The molecule has 0 aliphatic carbocycles. The van der Waals surface area contributed by atoms with Crippen molar-refractivity contribution in [2.24, 2.45) is 0 Å². The summed E-state index contributed by atoms with van der Waals surface area (Å²) in [6.45, 7) is 33.7. The van der Waals surface area contributed by atoms with Gasteiger partial charge in [0.25, 0.3) is 0 Å². The standard InChI is InChI=1S/C68H71N4O.Pt/c1-64(2,3)46-33-44(32-45(34-46)57-35-43(30-31-69-57)42-28-29-54-53-24-19-20-26-58(53)71(60(54)36-42)50-22-17-16-18-23-50)52-25-21-27-59-61(52)70-63(55-40-49(67(10,11)12)41-56(62(55)73)68(13,14)15)72(59)51-38-47(65(4,5)6)37-48(39-51)66(7,8)9;/h16-31,33-41,73H,1-15H3;/q-1;. The van der Waals surface area contributed by atoms with Gasteiger partial charge in [0.2, 0.25) is 0 Å². The summed E-state index contributed by atoms with van der Waals surface area (Å²) in [7, 11) is 0. The fourth-order valence-electron chi connectivity index (χ4n) is 10.2. The van der Waals surface area contributed by atoms with Gasteiger partial charge in [0, 0.05) is 60.7 Å². The predicted octanol–water partition coefficient (Wildman–Crippen LogP) is 18.2. The Morgan fingerprint density at radius 3 is 1.65 bits per heavy atom. The van der Waals surface area contributed by atoms with Crippen molar-refractivity contribution < 1.29 is 26.2 Å². The molecule has 1 N–H and O–H groups in total. The zero-order chi connectivity index (χ0) is 52.2. The molecule has 0 aliphatic rings. The van der Waals surface area contributed by atoms with Crippen LogP contribution in [-0.4, -0.2) is 24.2 Å². The molecule has 10 aromatic rings. The molecule has 0 fully saturated rings. The van der Waals surface area contributed by atoms with Gasteiger partial charge in [0.05, 0.1) is 27.6 Å². The summed E-state index contributed by atoms with van der Waals surface area (Å²) in [4.78, 5) is 10.8. The fourth-order valence-corrected chi connectivity index (χ4v) is 10.2. The number of fused-ring (bicyclic) bond motifs is 4. The summed E-state index contributed by atoms with van der Waals surface area (Å²) in [5.74, 6) is 0.962. The third kappa shape index (κ3) is 9.70. The van der Waals surface area contributed by atoms with Crippen LogP contribution in [0, 0.1) is 6.07 Å². The smallest absolute Gasteiger partial charge is 0.148 e. The molecule has 3 heterocycles. The largest absolute Gasteiger partial charge is 0.507 e. The average molecular weight is 1160 g/mol. The number of hydrogen-bond acceptors (Lipinski definition) is 3. The van der Waals surface area contributed by atoms with E-state index in [2.05, 4.69) is 265 Å². The minimum atomic E-state index is -0.327. The van der Waals surface area contributed by atoms with E-state index < -0.39 is 0 Å². The Morgan fingerprint density at radius 1 is 0.432 bits per heavy atom. The third-order valence-electron chi connectivity index (χ3n) is 14.7. The van der Waals surface area contributed by atoms with Crippen LogP contribution in [-0.2, 0) is 48.1 Å². The van der Waals surface area contributed by atoms with E-state index in [-0.39, 0.29) is 53.9 Å². The Labute approximate surface area is 454 Å². The van der Waals surface area contributed by atoms with Gasteiger partial charge in [-0.15, -0.1) is 29.3 Å². The van der Waals surface area contributed by atoms with Gasteiger partial charge in [0.15, 0.2) is 0 Å². The Morgan fingerprint density at radius 2 is 1.00 bits per heavy atom. The zero-order valence-electron chi connectivity index (χ0n) is 46.0.